The van der Waals surface area contributed by atoms with Gasteiger partial charge in [-0.3, -0.25) is 0 Å². The first-order chi connectivity index (χ1) is 9.93. The van der Waals surface area contributed by atoms with Crippen LogP contribution in [-0.2, 0) is 19.3 Å². The maximum absolute atomic E-state index is 12.0. The van der Waals surface area contributed by atoms with Gasteiger partial charge in [0.25, 0.3) is 0 Å². The second-order valence-corrected chi connectivity index (χ2v) is 6.79. The number of carbonyl (C=O) groups is 1. The van der Waals surface area contributed by atoms with Crippen molar-refractivity contribution in [2.75, 3.05) is 44.1 Å². The average Bonchev–Trinajstić information content (AvgIpc) is 2.47. The number of rotatable bonds is 4. The van der Waals surface area contributed by atoms with Crippen molar-refractivity contribution in [2.24, 2.45) is 0 Å². The molecule has 0 amide bonds. The Morgan fingerprint density at radius 3 is 2.57 bits per heavy atom. The van der Waals surface area contributed by atoms with Crippen LogP contribution in [0.4, 0.5) is 5.69 Å². The third-order valence-corrected chi connectivity index (χ3v) is 4.35. The Morgan fingerprint density at radius 2 is 2.00 bits per heavy atom. The zero-order valence-corrected chi connectivity index (χ0v) is 13.0. The third kappa shape index (κ3) is 3.74. The summed E-state index contributed by atoms with van der Waals surface area (Å²) in [4.78, 5) is 14.2. The van der Waals surface area contributed by atoms with Crippen molar-refractivity contribution in [2.45, 2.75) is 11.8 Å². The lowest BCUT2D eigenvalue weighted by Gasteiger charge is -2.30. The molecular formula is C14H19NO5S. The van der Waals surface area contributed by atoms with Crippen molar-refractivity contribution < 1.29 is 22.7 Å². The molecule has 2 rings (SSSR count). The Hall–Kier alpha value is -1.60. The lowest BCUT2D eigenvalue weighted by molar-refractivity contribution is 0.0526. The maximum Gasteiger partial charge on any atom is 0.340 e. The van der Waals surface area contributed by atoms with Crippen molar-refractivity contribution in [3.63, 3.8) is 0 Å². The molecule has 7 heteroatoms. The fourth-order valence-electron chi connectivity index (χ4n) is 2.19. The maximum atomic E-state index is 12.0. The fourth-order valence-corrected chi connectivity index (χ4v) is 2.83. The Balaban J connectivity index is 2.46. The summed E-state index contributed by atoms with van der Waals surface area (Å²) in [6, 6.07) is 4.48. The van der Waals surface area contributed by atoms with Gasteiger partial charge in [-0.25, -0.2) is 13.2 Å². The standard InChI is InChI=1S/C14H19NO5S/c1-3-20-14(16)12-5-4-11(21(2,17)18)10-13(12)15-6-8-19-9-7-15/h4-5,10H,3,6-9H2,1-2H3. The molecule has 0 radical (unpaired) electrons. The van der Waals surface area contributed by atoms with Gasteiger partial charge in [0.05, 0.1) is 36.0 Å². The summed E-state index contributed by atoms with van der Waals surface area (Å²) in [6.45, 7) is 4.32. The first-order valence-electron chi connectivity index (χ1n) is 6.77. The quantitative estimate of drug-likeness (QED) is 0.775. The highest BCUT2D eigenvalue weighted by atomic mass is 32.2. The van der Waals surface area contributed by atoms with Crippen LogP contribution < -0.4 is 4.90 Å². The summed E-state index contributed by atoms with van der Waals surface area (Å²) in [6.07, 6.45) is 1.15. The second kappa shape index (κ2) is 6.44. The lowest BCUT2D eigenvalue weighted by Crippen LogP contribution is -2.37. The van der Waals surface area contributed by atoms with Crippen molar-refractivity contribution in [3.8, 4) is 0 Å². The fraction of sp³-hybridized carbons (Fsp3) is 0.500. The largest absolute Gasteiger partial charge is 0.462 e. The van der Waals surface area contributed by atoms with Crippen LogP contribution in [0.3, 0.4) is 0 Å². The van der Waals surface area contributed by atoms with E-state index in [-0.39, 0.29) is 11.5 Å². The van der Waals surface area contributed by atoms with Crippen LogP contribution in [0.1, 0.15) is 17.3 Å². The third-order valence-electron chi connectivity index (χ3n) is 3.24. The summed E-state index contributed by atoms with van der Waals surface area (Å²) in [5, 5.41) is 0. The molecule has 116 valence electrons. The molecule has 0 aliphatic carbocycles. The van der Waals surface area contributed by atoms with Gasteiger partial charge >= 0.3 is 5.97 Å². The number of sulfone groups is 1. The molecule has 21 heavy (non-hydrogen) atoms. The number of hydrogen-bond donors (Lipinski definition) is 0. The molecule has 0 N–H and O–H groups in total. The van der Waals surface area contributed by atoms with E-state index in [0.29, 0.717) is 37.6 Å². The van der Waals surface area contributed by atoms with E-state index in [4.69, 9.17) is 9.47 Å². The SMILES string of the molecule is CCOC(=O)c1ccc(S(C)(=O)=O)cc1N1CCOCC1. The zero-order chi connectivity index (χ0) is 15.5. The number of benzene rings is 1. The molecule has 1 fully saturated rings. The van der Waals surface area contributed by atoms with E-state index in [9.17, 15) is 13.2 Å². The van der Waals surface area contributed by atoms with Gasteiger partial charge < -0.3 is 14.4 Å². The second-order valence-electron chi connectivity index (χ2n) is 4.77. The van der Waals surface area contributed by atoms with Crippen LogP contribution >= 0.6 is 0 Å². The first-order valence-corrected chi connectivity index (χ1v) is 8.66. The Kier molecular flexibility index (Phi) is 4.84. The van der Waals surface area contributed by atoms with Crippen LogP contribution in [0.15, 0.2) is 23.1 Å². The average molecular weight is 313 g/mol. The normalized spacial score (nSPS) is 15.8. The van der Waals surface area contributed by atoms with Gasteiger partial charge in [-0.15, -0.1) is 0 Å². The molecule has 6 nitrogen and oxygen atoms in total. The molecule has 1 aliphatic heterocycles. The zero-order valence-electron chi connectivity index (χ0n) is 12.2. The molecule has 1 aromatic carbocycles. The number of nitrogens with zero attached hydrogens (tertiary/aromatic N) is 1. The molecule has 0 unspecified atom stereocenters. The summed E-state index contributed by atoms with van der Waals surface area (Å²) >= 11 is 0. The molecule has 0 bridgehead atoms. The number of carbonyl (C=O) groups excluding carboxylic acids is 1. The monoisotopic (exact) mass is 313 g/mol. The van der Waals surface area contributed by atoms with E-state index in [1.54, 1.807) is 6.92 Å². The summed E-state index contributed by atoms with van der Waals surface area (Å²) in [5.41, 5.74) is 0.964. The van der Waals surface area contributed by atoms with Crippen LogP contribution in [0.5, 0.6) is 0 Å². The van der Waals surface area contributed by atoms with E-state index in [2.05, 4.69) is 0 Å². The molecule has 0 aromatic heterocycles. The van der Waals surface area contributed by atoms with Gasteiger partial charge in [0.15, 0.2) is 9.84 Å². The molecule has 1 heterocycles. The predicted molar refractivity (Wildman–Crippen MR) is 78.5 cm³/mol. The summed E-state index contributed by atoms with van der Waals surface area (Å²) < 4.78 is 33.8. The van der Waals surface area contributed by atoms with Gasteiger partial charge in [-0.05, 0) is 25.1 Å². The summed E-state index contributed by atoms with van der Waals surface area (Å²) in [5.74, 6) is -0.445. The summed E-state index contributed by atoms with van der Waals surface area (Å²) in [7, 11) is -3.33. The highest BCUT2D eigenvalue weighted by Crippen LogP contribution is 2.26. The Labute approximate surface area is 124 Å². The van der Waals surface area contributed by atoms with E-state index in [0.717, 1.165) is 6.26 Å². The van der Waals surface area contributed by atoms with E-state index >= 15 is 0 Å². The first kappa shape index (κ1) is 15.8. The number of anilines is 1. The van der Waals surface area contributed by atoms with Crippen LogP contribution in [0.25, 0.3) is 0 Å². The molecular weight excluding hydrogens is 294 g/mol. The molecule has 1 aromatic rings. The van der Waals surface area contributed by atoms with Crippen molar-refractivity contribution >= 4 is 21.5 Å². The lowest BCUT2D eigenvalue weighted by atomic mass is 10.1. The molecule has 0 atom stereocenters. The highest BCUT2D eigenvalue weighted by molar-refractivity contribution is 7.90. The van der Waals surface area contributed by atoms with E-state index < -0.39 is 15.8 Å². The minimum absolute atomic E-state index is 0.192. The van der Waals surface area contributed by atoms with Gasteiger partial charge in [0.2, 0.25) is 0 Å². The van der Waals surface area contributed by atoms with Gasteiger partial charge in [0, 0.05) is 19.3 Å². The van der Waals surface area contributed by atoms with E-state index in [1.807, 2.05) is 4.90 Å². The minimum Gasteiger partial charge on any atom is -0.462 e. The number of ether oxygens (including phenoxy) is 2. The molecule has 0 spiro atoms. The van der Waals surface area contributed by atoms with Crippen LogP contribution in [0, 0.1) is 0 Å². The molecule has 1 aliphatic rings. The van der Waals surface area contributed by atoms with Gasteiger partial charge in [-0.2, -0.15) is 0 Å². The smallest absolute Gasteiger partial charge is 0.340 e. The Bertz CT molecular complexity index is 620. The van der Waals surface area contributed by atoms with Crippen molar-refractivity contribution in [1.29, 1.82) is 0 Å². The topological polar surface area (TPSA) is 72.9 Å². The number of hydrogen-bond acceptors (Lipinski definition) is 6. The minimum atomic E-state index is -3.33. The molecule has 1 saturated heterocycles. The van der Waals surface area contributed by atoms with E-state index in [1.165, 1.54) is 18.2 Å². The predicted octanol–water partition coefficient (Wildman–Crippen LogP) is 1.10. The Morgan fingerprint density at radius 1 is 1.33 bits per heavy atom. The number of esters is 1. The van der Waals surface area contributed by atoms with Crippen molar-refractivity contribution in [1.82, 2.24) is 0 Å². The van der Waals surface area contributed by atoms with Crippen molar-refractivity contribution in [3.05, 3.63) is 23.8 Å². The van der Waals surface area contributed by atoms with Gasteiger partial charge in [0.1, 0.15) is 0 Å². The van der Waals surface area contributed by atoms with Gasteiger partial charge in [-0.1, -0.05) is 0 Å². The number of morpholine rings is 1. The highest BCUT2D eigenvalue weighted by Gasteiger charge is 2.22. The molecule has 0 saturated carbocycles. The van der Waals surface area contributed by atoms with Crippen LogP contribution in [0.2, 0.25) is 0 Å². The van der Waals surface area contributed by atoms with Crippen LogP contribution in [-0.4, -0.2) is 53.6 Å².